The standard InChI is InChI=1S/C23H30N6O2/c1-4-18-14-26-22(16-24-18)28-21-12-20(25-13-17-8-6-5-7-9-17)19(15-27-21)23(30)29(2)10-11-31-3/h1,12,14-17H,5-11,13H2,2-3H3,(H2,25,26,27,28). The highest BCUT2D eigenvalue weighted by molar-refractivity contribution is 5.99. The van der Waals surface area contributed by atoms with Crippen LogP contribution in [0.3, 0.4) is 0 Å². The molecule has 0 unspecified atom stereocenters. The zero-order chi connectivity index (χ0) is 22.1. The molecule has 0 bridgehead atoms. The number of ether oxygens (including phenoxy) is 1. The summed E-state index contributed by atoms with van der Waals surface area (Å²) in [4.78, 5) is 27.4. The fraction of sp³-hybridized carbons (Fsp3) is 0.478. The van der Waals surface area contributed by atoms with Gasteiger partial charge in [0.15, 0.2) is 0 Å². The first kappa shape index (κ1) is 22.5. The summed E-state index contributed by atoms with van der Waals surface area (Å²) in [6.45, 7) is 1.82. The molecule has 2 aromatic heterocycles. The second kappa shape index (κ2) is 11.3. The number of terminal acetylenes is 1. The van der Waals surface area contributed by atoms with Gasteiger partial charge in [-0.1, -0.05) is 19.3 Å². The van der Waals surface area contributed by atoms with Crippen molar-refractivity contribution in [2.24, 2.45) is 5.92 Å². The summed E-state index contributed by atoms with van der Waals surface area (Å²) < 4.78 is 5.10. The molecule has 0 aliphatic heterocycles. The van der Waals surface area contributed by atoms with Gasteiger partial charge in [-0.2, -0.15) is 0 Å². The highest BCUT2D eigenvalue weighted by Gasteiger charge is 2.19. The maximum atomic E-state index is 13.0. The largest absolute Gasteiger partial charge is 0.384 e. The number of nitrogens with one attached hydrogen (secondary N) is 2. The molecule has 31 heavy (non-hydrogen) atoms. The number of aromatic nitrogens is 3. The molecule has 0 atom stereocenters. The molecule has 8 nitrogen and oxygen atoms in total. The third-order valence-electron chi connectivity index (χ3n) is 5.47. The van der Waals surface area contributed by atoms with Crippen molar-refractivity contribution in [3.63, 3.8) is 0 Å². The number of hydrogen-bond donors (Lipinski definition) is 2. The number of nitrogens with zero attached hydrogens (tertiary/aromatic N) is 4. The van der Waals surface area contributed by atoms with Crippen LogP contribution in [0.5, 0.6) is 0 Å². The lowest BCUT2D eigenvalue weighted by molar-refractivity contribution is 0.0744. The summed E-state index contributed by atoms with van der Waals surface area (Å²) in [5, 5.41) is 6.62. The van der Waals surface area contributed by atoms with Gasteiger partial charge in [-0.3, -0.25) is 4.79 Å². The molecule has 0 aromatic carbocycles. The molecular formula is C23H30N6O2. The van der Waals surface area contributed by atoms with E-state index in [-0.39, 0.29) is 5.91 Å². The van der Waals surface area contributed by atoms with Crippen molar-refractivity contribution in [2.45, 2.75) is 32.1 Å². The molecule has 1 aliphatic carbocycles. The van der Waals surface area contributed by atoms with Gasteiger partial charge in [-0.05, 0) is 24.7 Å². The summed E-state index contributed by atoms with van der Waals surface area (Å²) >= 11 is 0. The van der Waals surface area contributed by atoms with E-state index in [0.717, 1.165) is 12.2 Å². The molecule has 3 rings (SSSR count). The van der Waals surface area contributed by atoms with Gasteiger partial charge in [-0.25, -0.2) is 15.0 Å². The van der Waals surface area contributed by atoms with E-state index >= 15 is 0 Å². The number of methoxy groups -OCH3 is 1. The van der Waals surface area contributed by atoms with Crippen molar-refractivity contribution >= 4 is 23.2 Å². The summed E-state index contributed by atoms with van der Waals surface area (Å²) in [5.41, 5.74) is 1.76. The summed E-state index contributed by atoms with van der Waals surface area (Å²) in [6, 6.07) is 1.84. The third kappa shape index (κ3) is 6.40. The Bertz CT molecular complexity index is 903. The van der Waals surface area contributed by atoms with E-state index in [2.05, 4.69) is 31.5 Å². The van der Waals surface area contributed by atoms with Crippen molar-refractivity contribution < 1.29 is 9.53 Å². The van der Waals surface area contributed by atoms with Gasteiger partial charge in [0.1, 0.15) is 17.3 Å². The Labute approximate surface area is 183 Å². The van der Waals surface area contributed by atoms with E-state index in [1.165, 1.54) is 38.3 Å². The van der Waals surface area contributed by atoms with Crippen LogP contribution in [0.1, 0.15) is 48.2 Å². The predicted octanol–water partition coefficient (Wildman–Crippen LogP) is 3.31. The maximum absolute atomic E-state index is 13.0. The maximum Gasteiger partial charge on any atom is 0.257 e. The SMILES string of the molecule is C#Cc1cnc(Nc2cc(NCC3CCCCC3)c(C(=O)N(C)CCOC)cn2)cn1. The summed E-state index contributed by atoms with van der Waals surface area (Å²) in [6.07, 6.45) is 16.3. The predicted molar refractivity (Wildman–Crippen MR) is 121 cm³/mol. The van der Waals surface area contributed by atoms with Gasteiger partial charge in [0.05, 0.1) is 30.3 Å². The van der Waals surface area contributed by atoms with Crippen LogP contribution >= 0.6 is 0 Å². The Morgan fingerprint density at radius 2 is 1.97 bits per heavy atom. The molecule has 2 aromatic rings. The number of carbonyl (C=O) groups excluding carboxylic acids is 1. The van der Waals surface area contributed by atoms with Gasteiger partial charge in [0.25, 0.3) is 5.91 Å². The normalized spacial score (nSPS) is 14.0. The molecule has 0 spiro atoms. The molecule has 0 saturated heterocycles. The third-order valence-corrected chi connectivity index (χ3v) is 5.47. The molecule has 1 saturated carbocycles. The highest BCUT2D eigenvalue weighted by Crippen LogP contribution is 2.26. The molecule has 0 radical (unpaired) electrons. The molecule has 1 aliphatic rings. The number of rotatable bonds is 9. The number of pyridine rings is 1. The average Bonchev–Trinajstić information content (AvgIpc) is 2.82. The van der Waals surface area contributed by atoms with E-state index in [1.54, 1.807) is 31.5 Å². The lowest BCUT2D eigenvalue weighted by Gasteiger charge is -2.24. The zero-order valence-electron chi connectivity index (χ0n) is 18.2. The van der Waals surface area contributed by atoms with Gasteiger partial charge in [0.2, 0.25) is 0 Å². The fourth-order valence-corrected chi connectivity index (χ4v) is 3.62. The number of likely N-dealkylation sites (N-methyl/N-ethyl adjacent to an activating group) is 1. The molecule has 1 fully saturated rings. The van der Waals surface area contributed by atoms with Gasteiger partial charge in [-0.15, -0.1) is 6.42 Å². The number of hydrogen-bond acceptors (Lipinski definition) is 7. The van der Waals surface area contributed by atoms with Crippen LogP contribution in [-0.4, -0.2) is 59.6 Å². The molecule has 2 N–H and O–H groups in total. The molecular weight excluding hydrogens is 392 g/mol. The minimum absolute atomic E-state index is 0.0968. The van der Waals surface area contributed by atoms with Gasteiger partial charge >= 0.3 is 0 Å². The topological polar surface area (TPSA) is 92.3 Å². The van der Waals surface area contributed by atoms with Crippen LogP contribution in [0.25, 0.3) is 0 Å². The monoisotopic (exact) mass is 422 g/mol. The number of anilines is 3. The van der Waals surface area contributed by atoms with Gasteiger partial charge in [0, 0.05) is 39.5 Å². The average molecular weight is 423 g/mol. The smallest absolute Gasteiger partial charge is 0.257 e. The zero-order valence-corrected chi connectivity index (χ0v) is 18.2. The van der Waals surface area contributed by atoms with Gasteiger partial charge < -0.3 is 20.3 Å². The lowest BCUT2D eigenvalue weighted by Crippen LogP contribution is -2.31. The van der Waals surface area contributed by atoms with E-state index in [1.807, 2.05) is 6.07 Å². The Kier molecular flexibility index (Phi) is 8.19. The fourth-order valence-electron chi connectivity index (χ4n) is 3.62. The first-order valence-corrected chi connectivity index (χ1v) is 10.6. The molecule has 8 heteroatoms. The number of carbonyl (C=O) groups is 1. The Balaban J connectivity index is 1.79. The Morgan fingerprint density at radius 1 is 1.19 bits per heavy atom. The van der Waals surface area contributed by atoms with Crippen molar-refractivity contribution in [3.05, 3.63) is 35.9 Å². The van der Waals surface area contributed by atoms with Crippen LogP contribution in [0, 0.1) is 18.3 Å². The van der Waals surface area contributed by atoms with E-state index < -0.39 is 0 Å². The summed E-state index contributed by atoms with van der Waals surface area (Å²) in [5.74, 6) is 4.07. The van der Waals surface area contributed by atoms with E-state index in [4.69, 9.17) is 11.2 Å². The minimum atomic E-state index is -0.0968. The van der Waals surface area contributed by atoms with Crippen LogP contribution in [0.4, 0.5) is 17.3 Å². The van der Waals surface area contributed by atoms with E-state index in [9.17, 15) is 4.79 Å². The minimum Gasteiger partial charge on any atom is -0.384 e. The lowest BCUT2D eigenvalue weighted by atomic mass is 9.89. The summed E-state index contributed by atoms with van der Waals surface area (Å²) in [7, 11) is 3.39. The van der Waals surface area contributed by atoms with Crippen LogP contribution in [0.2, 0.25) is 0 Å². The second-order valence-corrected chi connectivity index (χ2v) is 7.78. The molecule has 2 heterocycles. The Hall–Kier alpha value is -3.18. The second-order valence-electron chi connectivity index (χ2n) is 7.78. The first-order valence-electron chi connectivity index (χ1n) is 10.6. The van der Waals surface area contributed by atoms with Crippen LogP contribution in [0.15, 0.2) is 24.7 Å². The highest BCUT2D eigenvalue weighted by atomic mass is 16.5. The molecule has 164 valence electrons. The quantitative estimate of drug-likeness (QED) is 0.599. The van der Waals surface area contributed by atoms with Crippen molar-refractivity contribution in [2.75, 3.05) is 44.5 Å². The van der Waals surface area contributed by atoms with E-state index in [0.29, 0.717) is 42.0 Å². The van der Waals surface area contributed by atoms with Crippen LogP contribution in [-0.2, 0) is 4.74 Å². The molecule has 1 amide bonds. The van der Waals surface area contributed by atoms with Crippen molar-refractivity contribution in [1.82, 2.24) is 19.9 Å². The first-order chi connectivity index (χ1) is 15.1. The van der Waals surface area contributed by atoms with Crippen LogP contribution < -0.4 is 10.6 Å². The Morgan fingerprint density at radius 3 is 2.65 bits per heavy atom. The van der Waals surface area contributed by atoms with Crippen molar-refractivity contribution in [1.29, 1.82) is 0 Å². The van der Waals surface area contributed by atoms with Crippen molar-refractivity contribution in [3.8, 4) is 12.3 Å². The number of amides is 1.